The van der Waals surface area contributed by atoms with Gasteiger partial charge in [0.15, 0.2) is 5.13 Å². The van der Waals surface area contributed by atoms with E-state index in [1.54, 1.807) is 0 Å². The molecule has 0 bridgehead atoms. The van der Waals surface area contributed by atoms with E-state index in [4.69, 9.17) is 11.6 Å². The van der Waals surface area contributed by atoms with Crippen LogP contribution in [0.1, 0.15) is 12.5 Å². The lowest BCUT2D eigenvalue weighted by Gasteiger charge is -2.00. The van der Waals surface area contributed by atoms with Crippen molar-refractivity contribution in [3.8, 4) is 11.3 Å². The number of nitrogens with zero attached hydrogens (tertiary/aromatic N) is 1. The van der Waals surface area contributed by atoms with Gasteiger partial charge in [-0.2, -0.15) is 0 Å². The highest BCUT2D eigenvalue weighted by atomic mass is 35.5. The first-order valence-corrected chi connectivity index (χ1v) is 8.72. The monoisotopic (exact) mass is 316 g/mol. The van der Waals surface area contributed by atoms with Crippen molar-refractivity contribution in [2.45, 2.75) is 13.3 Å². The van der Waals surface area contributed by atoms with Crippen LogP contribution in [0, 0.1) is 0 Å². The van der Waals surface area contributed by atoms with E-state index in [-0.39, 0.29) is 0 Å². The van der Waals surface area contributed by atoms with Crippen LogP contribution in [-0.2, 0) is 16.4 Å². The smallest absolute Gasteiger partial charge is 0.248 e. The second kappa shape index (κ2) is 5.90. The third kappa shape index (κ3) is 3.68. The number of halogens is 1. The third-order valence-electron chi connectivity index (χ3n) is 2.55. The number of hydrogen-bond acceptors (Lipinski definition) is 4. The Bertz CT molecular complexity index is 651. The molecule has 0 aliphatic carbocycles. The number of rotatable bonds is 5. The van der Waals surface area contributed by atoms with E-state index in [1.165, 1.54) is 16.9 Å². The normalized spacial score (nSPS) is 11.5. The maximum Gasteiger partial charge on any atom is 0.248 e. The van der Waals surface area contributed by atoms with E-state index >= 15 is 0 Å². The van der Waals surface area contributed by atoms with Gasteiger partial charge in [-0.1, -0.05) is 31.2 Å². The average molecular weight is 317 g/mol. The minimum atomic E-state index is -3.49. The number of aromatic nitrogens is 1. The quantitative estimate of drug-likeness (QED) is 0.861. The van der Waals surface area contributed by atoms with Crippen LogP contribution >= 0.6 is 22.9 Å². The molecule has 7 heteroatoms. The molecular weight excluding hydrogens is 304 g/mol. The summed E-state index contributed by atoms with van der Waals surface area (Å²) in [7, 11) is -3.49. The average Bonchev–Trinajstić information content (AvgIpc) is 2.86. The number of hydrogen-bond donors (Lipinski definition) is 1. The van der Waals surface area contributed by atoms with Gasteiger partial charge in [0.25, 0.3) is 0 Å². The lowest BCUT2D eigenvalue weighted by atomic mass is 10.1. The topological polar surface area (TPSA) is 59.1 Å². The van der Waals surface area contributed by atoms with Gasteiger partial charge in [-0.3, -0.25) is 4.72 Å². The van der Waals surface area contributed by atoms with E-state index in [9.17, 15) is 8.42 Å². The van der Waals surface area contributed by atoms with Crippen LogP contribution in [0.25, 0.3) is 11.3 Å². The first-order chi connectivity index (χ1) is 9.04. The minimum Gasteiger partial charge on any atom is -0.258 e. The molecule has 4 nitrogen and oxygen atoms in total. The Morgan fingerprint density at radius 1 is 1.32 bits per heavy atom. The summed E-state index contributed by atoms with van der Waals surface area (Å²) < 4.78 is 25.0. The summed E-state index contributed by atoms with van der Waals surface area (Å²) >= 11 is 6.56. The lowest BCUT2D eigenvalue weighted by molar-refractivity contribution is 0.605. The van der Waals surface area contributed by atoms with Crippen LogP contribution in [0.2, 0.25) is 0 Å². The zero-order valence-corrected chi connectivity index (χ0v) is 12.6. The van der Waals surface area contributed by atoms with Crippen molar-refractivity contribution in [3.63, 3.8) is 0 Å². The minimum absolute atomic E-state index is 0.329. The molecule has 0 aliphatic heterocycles. The highest BCUT2D eigenvalue weighted by molar-refractivity contribution is 7.94. The maximum atomic E-state index is 11.3. The molecule has 2 rings (SSSR count). The van der Waals surface area contributed by atoms with Gasteiger partial charge < -0.3 is 0 Å². The zero-order chi connectivity index (χ0) is 13.9. The number of sulfonamides is 1. The molecule has 19 heavy (non-hydrogen) atoms. The molecule has 1 aromatic heterocycles. The van der Waals surface area contributed by atoms with Crippen molar-refractivity contribution in [2.75, 3.05) is 9.93 Å². The lowest BCUT2D eigenvalue weighted by Crippen LogP contribution is -2.13. The molecule has 0 unspecified atom stereocenters. The van der Waals surface area contributed by atoms with Gasteiger partial charge in [0, 0.05) is 10.9 Å². The predicted octanol–water partition coefficient (Wildman–Crippen LogP) is 3.31. The molecule has 1 heterocycles. The summed E-state index contributed by atoms with van der Waals surface area (Å²) in [6, 6.07) is 8.04. The molecule has 0 amide bonds. The van der Waals surface area contributed by atoms with Gasteiger partial charge in [-0.15, -0.1) is 22.9 Å². The molecule has 0 fully saturated rings. The Kier molecular flexibility index (Phi) is 4.44. The molecular formula is C12H13ClN2O2S2. The SMILES string of the molecule is CCc1ccc(-c2csc(NS(=O)(=O)CCl)n2)cc1. The Hall–Kier alpha value is -1.11. The largest absolute Gasteiger partial charge is 0.258 e. The molecule has 0 radical (unpaired) electrons. The molecule has 0 aliphatic rings. The van der Waals surface area contributed by atoms with Crippen molar-refractivity contribution in [2.24, 2.45) is 0 Å². The Morgan fingerprint density at radius 2 is 2.00 bits per heavy atom. The highest BCUT2D eigenvalue weighted by Crippen LogP contribution is 2.25. The maximum absolute atomic E-state index is 11.3. The molecule has 102 valence electrons. The number of aryl methyl sites for hydroxylation is 1. The number of alkyl halides is 1. The van der Waals surface area contributed by atoms with Crippen LogP contribution in [0.15, 0.2) is 29.6 Å². The predicted molar refractivity (Wildman–Crippen MR) is 80.2 cm³/mol. The van der Waals surface area contributed by atoms with Crippen molar-refractivity contribution in [1.82, 2.24) is 4.98 Å². The van der Waals surface area contributed by atoms with Crippen LogP contribution in [0.5, 0.6) is 0 Å². The molecule has 1 aromatic carbocycles. The Balaban J connectivity index is 2.20. The fourth-order valence-corrected chi connectivity index (χ4v) is 3.19. The van der Waals surface area contributed by atoms with Gasteiger partial charge in [0.1, 0.15) is 5.21 Å². The second-order valence-corrected chi connectivity index (χ2v) is 7.08. The molecule has 1 N–H and O–H groups in total. The number of benzene rings is 1. The van der Waals surface area contributed by atoms with E-state index in [2.05, 4.69) is 16.6 Å². The van der Waals surface area contributed by atoms with Crippen LogP contribution in [0.4, 0.5) is 5.13 Å². The first kappa shape index (κ1) is 14.3. The molecule has 0 atom stereocenters. The number of thiazole rings is 1. The summed E-state index contributed by atoms with van der Waals surface area (Å²) in [6.07, 6.45) is 0.984. The zero-order valence-electron chi connectivity index (χ0n) is 10.3. The molecule has 0 saturated carbocycles. The van der Waals surface area contributed by atoms with Crippen molar-refractivity contribution >= 4 is 38.1 Å². The van der Waals surface area contributed by atoms with E-state index < -0.39 is 15.2 Å². The van der Waals surface area contributed by atoms with Gasteiger partial charge >= 0.3 is 0 Å². The standard InChI is InChI=1S/C12H13ClN2O2S2/c1-2-9-3-5-10(6-4-9)11-7-18-12(14-11)15-19(16,17)8-13/h3-7H,2,8H2,1H3,(H,14,15). The molecule has 2 aromatic rings. The Labute approximate surface area is 121 Å². The highest BCUT2D eigenvalue weighted by Gasteiger charge is 2.11. The summed E-state index contributed by atoms with van der Waals surface area (Å²) in [5.41, 5.74) is 2.96. The summed E-state index contributed by atoms with van der Waals surface area (Å²) in [5, 5.41) is 1.66. The summed E-state index contributed by atoms with van der Waals surface area (Å²) in [5.74, 6) is 0. The fourth-order valence-electron chi connectivity index (χ4n) is 1.52. The van der Waals surface area contributed by atoms with E-state index in [0.717, 1.165) is 17.7 Å². The van der Waals surface area contributed by atoms with E-state index in [0.29, 0.717) is 5.13 Å². The van der Waals surface area contributed by atoms with Crippen molar-refractivity contribution in [1.29, 1.82) is 0 Å². The second-order valence-electron chi connectivity index (χ2n) is 3.91. The van der Waals surface area contributed by atoms with Crippen LogP contribution in [0.3, 0.4) is 0 Å². The summed E-state index contributed by atoms with van der Waals surface area (Å²) in [6.45, 7) is 2.09. The molecule has 0 saturated heterocycles. The van der Waals surface area contributed by atoms with Crippen molar-refractivity contribution in [3.05, 3.63) is 35.2 Å². The summed E-state index contributed by atoms with van der Waals surface area (Å²) in [4.78, 5) is 4.24. The van der Waals surface area contributed by atoms with Gasteiger partial charge in [-0.05, 0) is 12.0 Å². The van der Waals surface area contributed by atoms with Gasteiger partial charge in [0.05, 0.1) is 5.69 Å². The van der Waals surface area contributed by atoms with Gasteiger partial charge in [0.2, 0.25) is 10.0 Å². The third-order valence-corrected chi connectivity index (χ3v) is 5.09. The van der Waals surface area contributed by atoms with Crippen molar-refractivity contribution < 1.29 is 8.42 Å². The Morgan fingerprint density at radius 3 is 2.58 bits per heavy atom. The van der Waals surface area contributed by atoms with Crippen LogP contribution < -0.4 is 4.72 Å². The number of nitrogens with one attached hydrogen (secondary N) is 1. The number of anilines is 1. The molecule has 0 spiro atoms. The fraction of sp³-hybridized carbons (Fsp3) is 0.250. The first-order valence-electron chi connectivity index (χ1n) is 5.65. The van der Waals surface area contributed by atoms with E-state index in [1.807, 2.05) is 29.6 Å². The van der Waals surface area contributed by atoms with Gasteiger partial charge in [-0.25, -0.2) is 13.4 Å². The van der Waals surface area contributed by atoms with Crippen LogP contribution in [-0.4, -0.2) is 18.6 Å².